The molecular weight excluding hydrogens is 316 g/mol. The van der Waals surface area contributed by atoms with Gasteiger partial charge in [0.15, 0.2) is 16.1 Å². The lowest BCUT2D eigenvalue weighted by Crippen LogP contribution is -2.09. The van der Waals surface area contributed by atoms with Crippen molar-refractivity contribution in [2.24, 2.45) is 0 Å². The maximum atomic E-state index is 11.7. The number of amides is 1. The van der Waals surface area contributed by atoms with Crippen LogP contribution in [0.3, 0.4) is 0 Å². The predicted octanol–water partition coefficient (Wildman–Crippen LogP) is 3.54. The van der Waals surface area contributed by atoms with E-state index < -0.39 is 0 Å². The van der Waals surface area contributed by atoms with Gasteiger partial charge in [-0.3, -0.25) is 10.1 Å². The number of furan rings is 2. The number of anilines is 1. The largest absolute Gasteiger partial charge is 0.472 e. The monoisotopic (exact) mass is 322 g/mol. The van der Waals surface area contributed by atoms with Gasteiger partial charge in [-0.05, 0) is 34.1 Å². The minimum absolute atomic E-state index is 0.230. The normalized spacial score (nSPS) is 10.6. The molecule has 0 saturated carbocycles. The summed E-state index contributed by atoms with van der Waals surface area (Å²) in [5.74, 6) is 0.435. The van der Waals surface area contributed by atoms with E-state index in [9.17, 15) is 4.79 Å². The molecular formula is C12H7BrN2O4. The molecule has 0 bridgehead atoms. The van der Waals surface area contributed by atoms with Crippen LogP contribution in [0.4, 0.5) is 5.88 Å². The van der Waals surface area contributed by atoms with E-state index >= 15 is 0 Å². The average molecular weight is 323 g/mol. The first-order valence-corrected chi connectivity index (χ1v) is 6.07. The van der Waals surface area contributed by atoms with Crippen molar-refractivity contribution >= 4 is 27.7 Å². The van der Waals surface area contributed by atoms with Crippen LogP contribution in [0.15, 0.2) is 54.8 Å². The number of rotatable bonds is 3. The molecule has 19 heavy (non-hydrogen) atoms. The lowest BCUT2D eigenvalue weighted by atomic mass is 10.3. The van der Waals surface area contributed by atoms with Crippen LogP contribution in [0.1, 0.15) is 10.4 Å². The summed E-state index contributed by atoms with van der Waals surface area (Å²) in [5, 5.41) is 6.37. The van der Waals surface area contributed by atoms with E-state index in [4.69, 9.17) is 13.4 Å². The molecule has 0 radical (unpaired) electrons. The van der Waals surface area contributed by atoms with Crippen molar-refractivity contribution in [3.8, 4) is 11.5 Å². The first-order chi connectivity index (χ1) is 9.22. The van der Waals surface area contributed by atoms with Gasteiger partial charge in [0, 0.05) is 6.07 Å². The number of hydrogen-bond acceptors (Lipinski definition) is 5. The average Bonchev–Trinajstić information content (AvgIpc) is 3.07. The Labute approximate surface area is 115 Å². The van der Waals surface area contributed by atoms with E-state index in [0.717, 1.165) is 0 Å². The van der Waals surface area contributed by atoms with Gasteiger partial charge in [0.25, 0.3) is 5.91 Å². The zero-order valence-corrected chi connectivity index (χ0v) is 11.0. The highest BCUT2D eigenvalue weighted by Gasteiger charge is 2.13. The van der Waals surface area contributed by atoms with Crippen LogP contribution in [0.2, 0.25) is 0 Å². The van der Waals surface area contributed by atoms with Crippen LogP contribution < -0.4 is 5.32 Å². The van der Waals surface area contributed by atoms with E-state index in [1.54, 1.807) is 24.3 Å². The quantitative estimate of drug-likeness (QED) is 0.797. The summed E-state index contributed by atoms with van der Waals surface area (Å²) < 4.78 is 15.8. The number of carbonyl (C=O) groups is 1. The molecule has 0 spiro atoms. The van der Waals surface area contributed by atoms with Gasteiger partial charge >= 0.3 is 0 Å². The Morgan fingerprint density at radius 1 is 1.32 bits per heavy atom. The molecule has 0 aliphatic heterocycles. The molecule has 0 saturated heterocycles. The smallest absolute Gasteiger partial charge is 0.261 e. The van der Waals surface area contributed by atoms with Crippen molar-refractivity contribution in [2.75, 3.05) is 5.32 Å². The lowest BCUT2D eigenvalue weighted by molar-refractivity contribution is 0.102. The third-order valence-corrected chi connectivity index (χ3v) is 2.78. The third-order valence-electron chi connectivity index (χ3n) is 2.36. The Hall–Kier alpha value is -2.28. The summed E-state index contributed by atoms with van der Waals surface area (Å²) in [6.07, 6.45) is 2.76. The van der Waals surface area contributed by atoms with E-state index in [1.807, 2.05) is 0 Å². The number of hydrogen-bond donors (Lipinski definition) is 1. The molecule has 0 aliphatic carbocycles. The maximum absolute atomic E-state index is 11.7. The second-order valence-corrected chi connectivity index (χ2v) is 4.43. The Morgan fingerprint density at radius 3 is 2.89 bits per heavy atom. The summed E-state index contributed by atoms with van der Waals surface area (Å²) >= 11 is 3.20. The summed E-state index contributed by atoms with van der Waals surface area (Å²) in [5.41, 5.74) is 0.895. The minimum atomic E-state index is -0.336. The van der Waals surface area contributed by atoms with Crippen LogP contribution in [-0.4, -0.2) is 11.1 Å². The van der Waals surface area contributed by atoms with E-state index in [-0.39, 0.29) is 11.8 Å². The molecule has 6 nitrogen and oxygen atoms in total. The van der Waals surface area contributed by atoms with Crippen molar-refractivity contribution in [3.05, 3.63) is 47.0 Å². The van der Waals surface area contributed by atoms with Gasteiger partial charge in [-0.1, -0.05) is 5.16 Å². The fourth-order valence-corrected chi connectivity index (χ4v) is 1.79. The van der Waals surface area contributed by atoms with Crippen LogP contribution in [-0.2, 0) is 0 Å². The van der Waals surface area contributed by atoms with Gasteiger partial charge in [-0.25, -0.2) is 0 Å². The van der Waals surface area contributed by atoms with Crippen molar-refractivity contribution in [2.45, 2.75) is 0 Å². The molecule has 7 heteroatoms. The SMILES string of the molecule is O=C(Nc1cc(-c2ccc(Br)o2)no1)c1ccoc1. The predicted molar refractivity (Wildman–Crippen MR) is 68.6 cm³/mol. The van der Waals surface area contributed by atoms with Crippen LogP contribution in [0.5, 0.6) is 0 Å². The Bertz CT molecular complexity index is 699. The summed E-state index contributed by atoms with van der Waals surface area (Å²) in [6.45, 7) is 0. The molecule has 1 N–H and O–H groups in total. The molecule has 0 aromatic carbocycles. The van der Waals surface area contributed by atoms with E-state index in [1.165, 1.54) is 12.5 Å². The fourth-order valence-electron chi connectivity index (χ4n) is 1.48. The molecule has 3 rings (SSSR count). The zero-order valence-electron chi connectivity index (χ0n) is 9.42. The molecule has 0 unspecified atom stereocenters. The van der Waals surface area contributed by atoms with Gasteiger partial charge in [0.05, 0.1) is 11.8 Å². The Balaban J connectivity index is 1.77. The standard InChI is InChI=1S/C12H7BrN2O4/c13-10-2-1-9(18-10)8-5-11(19-15-8)14-12(16)7-3-4-17-6-7/h1-6H,(H,14,16). The zero-order chi connectivity index (χ0) is 13.2. The van der Waals surface area contributed by atoms with Crippen molar-refractivity contribution in [1.29, 1.82) is 0 Å². The van der Waals surface area contributed by atoms with E-state index in [0.29, 0.717) is 21.7 Å². The third kappa shape index (κ3) is 2.45. The topological polar surface area (TPSA) is 81.4 Å². The number of halogens is 1. The number of nitrogens with one attached hydrogen (secondary N) is 1. The fraction of sp³-hybridized carbons (Fsp3) is 0. The summed E-state index contributed by atoms with van der Waals surface area (Å²) in [6, 6.07) is 6.61. The van der Waals surface area contributed by atoms with Gasteiger partial charge in [0.2, 0.25) is 5.88 Å². The highest BCUT2D eigenvalue weighted by Crippen LogP contribution is 2.26. The lowest BCUT2D eigenvalue weighted by Gasteiger charge is -1.95. The maximum Gasteiger partial charge on any atom is 0.261 e. The first kappa shape index (κ1) is 11.8. The van der Waals surface area contributed by atoms with Crippen LogP contribution in [0.25, 0.3) is 11.5 Å². The summed E-state index contributed by atoms with van der Waals surface area (Å²) in [7, 11) is 0. The van der Waals surface area contributed by atoms with Crippen LogP contribution >= 0.6 is 15.9 Å². The number of carbonyl (C=O) groups excluding carboxylic acids is 1. The van der Waals surface area contributed by atoms with Crippen molar-refractivity contribution < 1.29 is 18.2 Å². The van der Waals surface area contributed by atoms with Gasteiger partial charge in [0.1, 0.15) is 6.26 Å². The molecule has 0 atom stereocenters. The Kier molecular flexibility index (Phi) is 2.96. The highest BCUT2D eigenvalue weighted by atomic mass is 79.9. The van der Waals surface area contributed by atoms with Crippen molar-refractivity contribution in [1.82, 2.24) is 5.16 Å². The molecule has 0 aliphatic rings. The van der Waals surface area contributed by atoms with Crippen molar-refractivity contribution in [3.63, 3.8) is 0 Å². The highest BCUT2D eigenvalue weighted by molar-refractivity contribution is 9.10. The molecule has 3 aromatic rings. The van der Waals surface area contributed by atoms with E-state index in [2.05, 4.69) is 26.4 Å². The minimum Gasteiger partial charge on any atom is -0.472 e. The number of nitrogens with zero attached hydrogens (tertiary/aromatic N) is 1. The molecule has 3 heterocycles. The second-order valence-electron chi connectivity index (χ2n) is 3.65. The first-order valence-electron chi connectivity index (χ1n) is 5.28. The second kappa shape index (κ2) is 4.77. The van der Waals surface area contributed by atoms with Gasteiger partial charge in [-0.2, -0.15) is 0 Å². The molecule has 3 aromatic heterocycles. The molecule has 96 valence electrons. The molecule has 0 fully saturated rings. The van der Waals surface area contributed by atoms with Crippen LogP contribution in [0, 0.1) is 0 Å². The summed E-state index contributed by atoms with van der Waals surface area (Å²) in [4.78, 5) is 11.7. The molecule has 1 amide bonds. The van der Waals surface area contributed by atoms with Gasteiger partial charge < -0.3 is 13.4 Å². The Morgan fingerprint density at radius 2 is 2.21 bits per heavy atom. The number of aromatic nitrogens is 1. The van der Waals surface area contributed by atoms with Gasteiger partial charge in [-0.15, -0.1) is 0 Å².